The second kappa shape index (κ2) is 8.63. The molecule has 28 heavy (non-hydrogen) atoms. The highest BCUT2D eigenvalue weighted by molar-refractivity contribution is 7.98. The molecule has 3 aromatic carbocycles. The first-order valence-corrected chi connectivity index (χ1v) is 9.72. The average molecular weight is 390 g/mol. The van der Waals surface area contributed by atoms with Gasteiger partial charge in [0.1, 0.15) is 17.2 Å². The summed E-state index contributed by atoms with van der Waals surface area (Å²) >= 11 is 1.48. The van der Waals surface area contributed by atoms with Crippen LogP contribution in [0.5, 0.6) is 17.2 Å². The third kappa shape index (κ3) is 4.35. The SMILES string of the molecule is COc1ccc(-c2nnc(SCc3ccccc3Oc3ccccc3)o2)cc1. The van der Waals surface area contributed by atoms with Crippen molar-refractivity contribution in [3.63, 3.8) is 0 Å². The molecule has 0 radical (unpaired) electrons. The number of aromatic nitrogens is 2. The Morgan fingerprint density at radius 1 is 0.821 bits per heavy atom. The zero-order valence-corrected chi connectivity index (χ0v) is 16.1. The lowest BCUT2D eigenvalue weighted by Crippen LogP contribution is -1.90. The first kappa shape index (κ1) is 18.1. The van der Waals surface area contributed by atoms with E-state index in [-0.39, 0.29) is 0 Å². The van der Waals surface area contributed by atoms with Crippen LogP contribution in [0.2, 0.25) is 0 Å². The number of thioether (sulfide) groups is 1. The predicted octanol–water partition coefficient (Wildman–Crippen LogP) is 5.83. The lowest BCUT2D eigenvalue weighted by molar-refractivity contribution is 0.414. The van der Waals surface area contributed by atoms with Gasteiger partial charge < -0.3 is 13.9 Å². The summed E-state index contributed by atoms with van der Waals surface area (Å²) in [6.07, 6.45) is 0. The third-order valence-corrected chi connectivity index (χ3v) is 4.91. The van der Waals surface area contributed by atoms with Crippen LogP contribution in [0, 0.1) is 0 Å². The Kier molecular flexibility index (Phi) is 5.58. The quantitative estimate of drug-likeness (QED) is 0.370. The first-order chi connectivity index (χ1) is 13.8. The van der Waals surface area contributed by atoms with E-state index in [4.69, 9.17) is 13.9 Å². The van der Waals surface area contributed by atoms with E-state index in [0.717, 1.165) is 28.4 Å². The monoisotopic (exact) mass is 390 g/mol. The van der Waals surface area contributed by atoms with Gasteiger partial charge in [0.15, 0.2) is 0 Å². The van der Waals surface area contributed by atoms with E-state index in [9.17, 15) is 0 Å². The van der Waals surface area contributed by atoms with Crippen molar-refractivity contribution in [2.75, 3.05) is 7.11 Å². The number of hydrogen-bond acceptors (Lipinski definition) is 6. The Morgan fingerprint density at radius 2 is 1.57 bits per heavy atom. The molecule has 1 aromatic heterocycles. The molecule has 0 N–H and O–H groups in total. The molecular weight excluding hydrogens is 372 g/mol. The molecule has 0 aliphatic rings. The highest BCUT2D eigenvalue weighted by Crippen LogP contribution is 2.31. The summed E-state index contributed by atoms with van der Waals surface area (Å²) in [5, 5.41) is 8.79. The topological polar surface area (TPSA) is 57.4 Å². The molecule has 0 saturated heterocycles. The van der Waals surface area contributed by atoms with Crippen molar-refractivity contribution in [3.05, 3.63) is 84.4 Å². The van der Waals surface area contributed by atoms with Gasteiger partial charge in [-0.15, -0.1) is 10.2 Å². The number of nitrogens with zero attached hydrogens (tertiary/aromatic N) is 2. The molecule has 0 amide bonds. The molecule has 0 spiro atoms. The minimum Gasteiger partial charge on any atom is -0.497 e. The van der Waals surface area contributed by atoms with Crippen LogP contribution in [0.15, 0.2) is 88.5 Å². The van der Waals surface area contributed by atoms with Gasteiger partial charge in [0.2, 0.25) is 5.89 Å². The summed E-state index contributed by atoms with van der Waals surface area (Å²) in [4.78, 5) is 0. The Hall–Kier alpha value is -3.25. The van der Waals surface area contributed by atoms with Gasteiger partial charge >= 0.3 is 0 Å². The van der Waals surface area contributed by atoms with Gasteiger partial charge in [-0.25, -0.2) is 0 Å². The Bertz CT molecular complexity index is 1030. The molecule has 1 heterocycles. The minimum atomic E-state index is 0.485. The summed E-state index contributed by atoms with van der Waals surface area (Å²) in [5.41, 5.74) is 1.91. The van der Waals surface area contributed by atoms with Gasteiger partial charge in [0.05, 0.1) is 7.11 Å². The van der Waals surface area contributed by atoms with E-state index < -0.39 is 0 Å². The van der Waals surface area contributed by atoms with Gasteiger partial charge in [-0.3, -0.25) is 0 Å². The van der Waals surface area contributed by atoms with E-state index in [2.05, 4.69) is 10.2 Å². The molecule has 6 heteroatoms. The molecule has 0 unspecified atom stereocenters. The number of benzene rings is 3. The molecule has 0 atom stereocenters. The molecule has 4 aromatic rings. The second-order valence-electron chi connectivity index (χ2n) is 5.91. The number of hydrogen-bond donors (Lipinski definition) is 0. The van der Waals surface area contributed by atoms with Gasteiger partial charge in [0.25, 0.3) is 5.22 Å². The molecule has 0 bridgehead atoms. The number of para-hydroxylation sites is 2. The van der Waals surface area contributed by atoms with Crippen LogP contribution in [0.3, 0.4) is 0 Å². The van der Waals surface area contributed by atoms with Gasteiger partial charge in [-0.05, 0) is 42.5 Å². The van der Waals surface area contributed by atoms with Gasteiger partial charge in [-0.2, -0.15) is 0 Å². The van der Waals surface area contributed by atoms with E-state index in [0.29, 0.717) is 16.9 Å². The van der Waals surface area contributed by atoms with E-state index in [1.165, 1.54) is 11.8 Å². The molecule has 0 aliphatic carbocycles. The Labute approximate surface area is 167 Å². The fraction of sp³-hybridized carbons (Fsp3) is 0.0909. The van der Waals surface area contributed by atoms with Crippen LogP contribution >= 0.6 is 11.8 Å². The maximum absolute atomic E-state index is 6.00. The molecule has 140 valence electrons. The van der Waals surface area contributed by atoms with Crippen molar-refractivity contribution >= 4 is 11.8 Å². The minimum absolute atomic E-state index is 0.485. The average Bonchev–Trinajstić information content (AvgIpc) is 3.23. The maximum Gasteiger partial charge on any atom is 0.277 e. The largest absolute Gasteiger partial charge is 0.497 e. The number of methoxy groups -OCH3 is 1. The molecule has 0 saturated carbocycles. The number of rotatable bonds is 7. The lowest BCUT2D eigenvalue weighted by atomic mass is 10.2. The van der Waals surface area contributed by atoms with E-state index in [1.807, 2.05) is 78.9 Å². The second-order valence-corrected chi connectivity index (χ2v) is 6.84. The maximum atomic E-state index is 6.00. The molecular formula is C22H18N2O3S. The summed E-state index contributed by atoms with van der Waals surface area (Å²) in [5.74, 6) is 3.55. The van der Waals surface area contributed by atoms with Crippen molar-refractivity contribution in [1.29, 1.82) is 0 Å². The van der Waals surface area contributed by atoms with Crippen LogP contribution in [0.4, 0.5) is 0 Å². The van der Waals surface area contributed by atoms with Crippen LogP contribution in [-0.2, 0) is 5.75 Å². The Balaban J connectivity index is 1.44. The van der Waals surface area contributed by atoms with E-state index in [1.54, 1.807) is 7.11 Å². The first-order valence-electron chi connectivity index (χ1n) is 8.73. The zero-order valence-electron chi connectivity index (χ0n) is 15.2. The smallest absolute Gasteiger partial charge is 0.277 e. The highest BCUT2D eigenvalue weighted by atomic mass is 32.2. The zero-order chi connectivity index (χ0) is 19.2. The van der Waals surface area contributed by atoms with Crippen molar-refractivity contribution in [3.8, 4) is 28.7 Å². The third-order valence-electron chi connectivity index (χ3n) is 4.04. The normalized spacial score (nSPS) is 10.6. The van der Waals surface area contributed by atoms with Crippen molar-refractivity contribution in [1.82, 2.24) is 10.2 Å². The van der Waals surface area contributed by atoms with Crippen LogP contribution in [-0.4, -0.2) is 17.3 Å². The fourth-order valence-corrected chi connectivity index (χ4v) is 3.35. The van der Waals surface area contributed by atoms with Crippen molar-refractivity contribution in [2.45, 2.75) is 11.0 Å². The summed E-state index contributed by atoms with van der Waals surface area (Å²) in [7, 11) is 1.63. The molecule has 0 fully saturated rings. The summed E-state index contributed by atoms with van der Waals surface area (Å²) in [6, 6.07) is 25.2. The van der Waals surface area contributed by atoms with Crippen LogP contribution in [0.25, 0.3) is 11.5 Å². The molecule has 0 aliphatic heterocycles. The van der Waals surface area contributed by atoms with Gasteiger partial charge in [0, 0.05) is 16.9 Å². The number of ether oxygens (including phenoxy) is 2. The van der Waals surface area contributed by atoms with Crippen molar-refractivity contribution < 1.29 is 13.9 Å². The van der Waals surface area contributed by atoms with Crippen LogP contribution in [0.1, 0.15) is 5.56 Å². The van der Waals surface area contributed by atoms with Gasteiger partial charge in [-0.1, -0.05) is 48.2 Å². The van der Waals surface area contributed by atoms with Crippen LogP contribution < -0.4 is 9.47 Å². The Morgan fingerprint density at radius 3 is 2.36 bits per heavy atom. The summed E-state index contributed by atoms with van der Waals surface area (Å²) < 4.78 is 17.0. The van der Waals surface area contributed by atoms with Crippen molar-refractivity contribution in [2.24, 2.45) is 0 Å². The lowest BCUT2D eigenvalue weighted by Gasteiger charge is -2.10. The van der Waals surface area contributed by atoms with E-state index >= 15 is 0 Å². The summed E-state index contributed by atoms with van der Waals surface area (Å²) in [6.45, 7) is 0. The predicted molar refractivity (Wildman–Crippen MR) is 109 cm³/mol. The highest BCUT2D eigenvalue weighted by Gasteiger charge is 2.11. The fourth-order valence-electron chi connectivity index (χ4n) is 2.60. The molecule has 5 nitrogen and oxygen atoms in total. The standard InChI is InChI=1S/C22H18N2O3S/c1-25-18-13-11-16(12-14-18)21-23-24-22(27-21)28-15-17-7-5-6-10-20(17)26-19-8-3-2-4-9-19/h2-14H,15H2,1H3. The molecule has 4 rings (SSSR count).